The number of likely N-dealkylation sites (tertiary alicyclic amines) is 1. The average Bonchev–Trinajstić information content (AvgIpc) is 3.06. The molecule has 2 rings (SSSR count). The minimum Gasteiger partial charge on any atom is -0.479 e. The molecule has 116 valence electrons. The van der Waals surface area contributed by atoms with Crippen LogP contribution in [0.15, 0.2) is 18.3 Å². The zero-order valence-corrected chi connectivity index (χ0v) is 12.8. The molecule has 0 aromatic carbocycles. The SMILES string of the molecule is CCCn1cccc1C(=O)N1CCCC1(CCC)C(=O)O. The van der Waals surface area contributed by atoms with E-state index in [1.54, 1.807) is 11.0 Å². The minimum atomic E-state index is -1.02. The van der Waals surface area contributed by atoms with Crippen molar-refractivity contribution < 1.29 is 14.7 Å². The number of carboxylic acid groups (broad SMARTS) is 1. The summed E-state index contributed by atoms with van der Waals surface area (Å²) in [6.07, 6.45) is 5.40. The highest BCUT2D eigenvalue weighted by molar-refractivity contribution is 5.97. The third-order valence-corrected chi connectivity index (χ3v) is 4.31. The Balaban J connectivity index is 2.32. The number of hydrogen-bond donors (Lipinski definition) is 1. The number of aryl methyl sites for hydroxylation is 1. The van der Waals surface area contributed by atoms with Crippen molar-refractivity contribution >= 4 is 11.9 Å². The first-order valence-corrected chi connectivity index (χ1v) is 7.77. The molecular formula is C16H24N2O3. The molecule has 1 aromatic rings. The maximum Gasteiger partial charge on any atom is 0.329 e. The standard InChI is InChI=1S/C16H24N2O3/c1-3-8-16(15(20)21)9-6-12-18(16)14(19)13-7-5-11-17(13)10-4-2/h5,7,11H,3-4,6,8-10,12H2,1-2H3,(H,20,21). The lowest BCUT2D eigenvalue weighted by Gasteiger charge is -2.34. The van der Waals surface area contributed by atoms with E-state index in [9.17, 15) is 14.7 Å². The second-order valence-corrected chi connectivity index (χ2v) is 5.73. The zero-order valence-electron chi connectivity index (χ0n) is 12.8. The first-order chi connectivity index (χ1) is 10.1. The van der Waals surface area contributed by atoms with E-state index in [2.05, 4.69) is 6.92 Å². The van der Waals surface area contributed by atoms with E-state index >= 15 is 0 Å². The summed E-state index contributed by atoms with van der Waals surface area (Å²) < 4.78 is 1.92. The molecule has 0 radical (unpaired) electrons. The molecule has 2 heterocycles. The third kappa shape index (κ3) is 2.69. The van der Waals surface area contributed by atoms with Gasteiger partial charge in [0.25, 0.3) is 5.91 Å². The van der Waals surface area contributed by atoms with Gasteiger partial charge < -0.3 is 14.6 Å². The predicted octanol–water partition coefficient (Wildman–Crippen LogP) is 2.76. The average molecular weight is 292 g/mol. The number of amides is 1. The highest BCUT2D eigenvalue weighted by Gasteiger charge is 2.49. The van der Waals surface area contributed by atoms with Crippen molar-refractivity contribution in [2.75, 3.05) is 6.54 Å². The molecule has 1 amide bonds. The fraction of sp³-hybridized carbons (Fsp3) is 0.625. The zero-order chi connectivity index (χ0) is 15.5. The van der Waals surface area contributed by atoms with Crippen molar-refractivity contribution in [3.05, 3.63) is 24.0 Å². The number of aromatic nitrogens is 1. The second-order valence-electron chi connectivity index (χ2n) is 5.73. The summed E-state index contributed by atoms with van der Waals surface area (Å²) in [5, 5.41) is 9.68. The lowest BCUT2D eigenvalue weighted by atomic mass is 9.90. The normalized spacial score (nSPS) is 21.7. The molecule has 1 N–H and O–H groups in total. The van der Waals surface area contributed by atoms with Crippen LogP contribution in [-0.4, -0.2) is 38.5 Å². The molecule has 0 bridgehead atoms. The fourth-order valence-corrected chi connectivity index (χ4v) is 3.36. The van der Waals surface area contributed by atoms with Gasteiger partial charge in [0.15, 0.2) is 0 Å². The lowest BCUT2D eigenvalue weighted by molar-refractivity contribution is -0.148. The maximum absolute atomic E-state index is 12.8. The third-order valence-electron chi connectivity index (χ3n) is 4.31. The quantitative estimate of drug-likeness (QED) is 0.877. The van der Waals surface area contributed by atoms with Gasteiger partial charge in [-0.05, 0) is 37.8 Å². The monoisotopic (exact) mass is 292 g/mol. The Kier molecular flexibility index (Phi) is 4.70. The number of carbonyl (C=O) groups excluding carboxylic acids is 1. The Hall–Kier alpha value is -1.78. The molecule has 0 spiro atoms. The highest BCUT2D eigenvalue weighted by Crippen LogP contribution is 2.35. The Morgan fingerprint density at radius 2 is 2.10 bits per heavy atom. The molecule has 1 aromatic heterocycles. The molecule has 5 nitrogen and oxygen atoms in total. The van der Waals surface area contributed by atoms with Crippen LogP contribution in [0.3, 0.4) is 0 Å². The number of nitrogens with zero attached hydrogens (tertiary/aromatic N) is 2. The summed E-state index contributed by atoms with van der Waals surface area (Å²) in [7, 11) is 0. The van der Waals surface area contributed by atoms with Crippen LogP contribution in [0.25, 0.3) is 0 Å². The van der Waals surface area contributed by atoms with Gasteiger partial charge in [-0.1, -0.05) is 20.3 Å². The molecule has 1 atom stereocenters. The van der Waals surface area contributed by atoms with Crippen LogP contribution in [0.5, 0.6) is 0 Å². The smallest absolute Gasteiger partial charge is 0.329 e. The second kappa shape index (κ2) is 6.33. The van der Waals surface area contributed by atoms with Crippen molar-refractivity contribution in [1.82, 2.24) is 9.47 Å². The van der Waals surface area contributed by atoms with Crippen LogP contribution >= 0.6 is 0 Å². The van der Waals surface area contributed by atoms with E-state index < -0.39 is 11.5 Å². The fourth-order valence-electron chi connectivity index (χ4n) is 3.36. The summed E-state index contributed by atoms with van der Waals surface area (Å²) in [6, 6.07) is 3.64. The number of carbonyl (C=O) groups is 2. The Morgan fingerprint density at radius 3 is 2.71 bits per heavy atom. The van der Waals surface area contributed by atoms with Gasteiger partial charge >= 0.3 is 5.97 Å². The lowest BCUT2D eigenvalue weighted by Crippen LogP contribution is -2.53. The van der Waals surface area contributed by atoms with Gasteiger partial charge in [-0.2, -0.15) is 0 Å². The molecule has 5 heteroatoms. The Morgan fingerprint density at radius 1 is 1.33 bits per heavy atom. The summed E-state index contributed by atoms with van der Waals surface area (Å²) in [5.74, 6) is -1.02. The summed E-state index contributed by atoms with van der Waals surface area (Å²) in [5.41, 5.74) is -0.423. The molecule has 1 aliphatic rings. The van der Waals surface area contributed by atoms with Crippen molar-refractivity contribution in [2.24, 2.45) is 0 Å². The van der Waals surface area contributed by atoms with Gasteiger partial charge in [0.2, 0.25) is 0 Å². The van der Waals surface area contributed by atoms with Crippen LogP contribution in [0.4, 0.5) is 0 Å². The summed E-state index contributed by atoms with van der Waals surface area (Å²) in [4.78, 5) is 26.2. The van der Waals surface area contributed by atoms with E-state index in [0.717, 1.165) is 25.8 Å². The summed E-state index contributed by atoms with van der Waals surface area (Å²) >= 11 is 0. The molecule has 1 fully saturated rings. The van der Waals surface area contributed by atoms with Crippen LogP contribution in [-0.2, 0) is 11.3 Å². The highest BCUT2D eigenvalue weighted by atomic mass is 16.4. The van der Waals surface area contributed by atoms with Crippen LogP contribution in [0.2, 0.25) is 0 Å². The van der Waals surface area contributed by atoms with Crippen LogP contribution in [0.1, 0.15) is 56.4 Å². The predicted molar refractivity (Wildman–Crippen MR) is 80.3 cm³/mol. The van der Waals surface area contributed by atoms with Crippen molar-refractivity contribution in [3.63, 3.8) is 0 Å². The minimum absolute atomic E-state index is 0.151. The topological polar surface area (TPSA) is 62.5 Å². The van der Waals surface area contributed by atoms with Crippen molar-refractivity contribution in [3.8, 4) is 0 Å². The van der Waals surface area contributed by atoms with E-state index in [1.807, 2.05) is 23.8 Å². The van der Waals surface area contributed by atoms with Gasteiger partial charge in [-0.25, -0.2) is 4.79 Å². The summed E-state index contributed by atoms with van der Waals surface area (Å²) in [6.45, 7) is 5.33. The Bertz CT molecular complexity index is 523. The van der Waals surface area contributed by atoms with Gasteiger partial charge in [-0.15, -0.1) is 0 Å². The van der Waals surface area contributed by atoms with E-state index in [0.29, 0.717) is 25.1 Å². The van der Waals surface area contributed by atoms with Crippen LogP contribution in [0, 0.1) is 0 Å². The van der Waals surface area contributed by atoms with E-state index in [-0.39, 0.29) is 5.91 Å². The van der Waals surface area contributed by atoms with Gasteiger partial charge in [0.1, 0.15) is 11.2 Å². The number of hydrogen-bond acceptors (Lipinski definition) is 2. The number of aliphatic carboxylic acids is 1. The molecule has 1 saturated heterocycles. The molecule has 21 heavy (non-hydrogen) atoms. The van der Waals surface area contributed by atoms with Crippen molar-refractivity contribution in [2.45, 2.75) is 58.0 Å². The number of carboxylic acids is 1. The molecule has 1 aliphatic heterocycles. The van der Waals surface area contributed by atoms with E-state index in [1.165, 1.54) is 0 Å². The van der Waals surface area contributed by atoms with Gasteiger partial charge in [0, 0.05) is 19.3 Å². The number of rotatable bonds is 6. The van der Waals surface area contributed by atoms with E-state index in [4.69, 9.17) is 0 Å². The largest absolute Gasteiger partial charge is 0.479 e. The molecular weight excluding hydrogens is 268 g/mol. The Labute approximate surface area is 125 Å². The van der Waals surface area contributed by atoms with Gasteiger partial charge in [0.05, 0.1) is 0 Å². The molecule has 0 saturated carbocycles. The maximum atomic E-state index is 12.8. The first kappa shape index (κ1) is 15.6. The first-order valence-electron chi connectivity index (χ1n) is 7.77. The van der Waals surface area contributed by atoms with Gasteiger partial charge in [-0.3, -0.25) is 4.79 Å². The van der Waals surface area contributed by atoms with Crippen molar-refractivity contribution in [1.29, 1.82) is 0 Å². The molecule has 0 aliphatic carbocycles. The molecule has 1 unspecified atom stereocenters. The van der Waals surface area contributed by atoms with Crippen LogP contribution < -0.4 is 0 Å².